The van der Waals surface area contributed by atoms with Crippen LogP contribution in [0.5, 0.6) is 0 Å². The summed E-state index contributed by atoms with van der Waals surface area (Å²) in [5.74, 6) is -0.921. The van der Waals surface area contributed by atoms with Crippen molar-refractivity contribution in [3.8, 4) is 0 Å². The highest BCUT2D eigenvalue weighted by molar-refractivity contribution is 9.10. The Morgan fingerprint density at radius 1 is 1.42 bits per heavy atom. The molecule has 0 aliphatic heterocycles. The third-order valence-corrected chi connectivity index (χ3v) is 3.89. The molecular formula is C13H15BrN2O3. The van der Waals surface area contributed by atoms with Gasteiger partial charge in [0.05, 0.1) is 12.5 Å². The van der Waals surface area contributed by atoms with E-state index in [1.54, 1.807) is 0 Å². The number of carboxylic acids is 1. The van der Waals surface area contributed by atoms with Gasteiger partial charge in [0.15, 0.2) is 0 Å². The van der Waals surface area contributed by atoms with Crippen LogP contribution < -0.4 is 10.6 Å². The number of urea groups is 1. The highest BCUT2D eigenvalue weighted by Crippen LogP contribution is 2.35. The summed E-state index contributed by atoms with van der Waals surface area (Å²) in [7, 11) is 0. The number of halogens is 1. The smallest absolute Gasteiger partial charge is 0.315 e. The Morgan fingerprint density at radius 2 is 2.21 bits per heavy atom. The number of benzene rings is 1. The molecule has 2 amide bonds. The molecule has 1 aromatic carbocycles. The van der Waals surface area contributed by atoms with Gasteiger partial charge in [0, 0.05) is 11.0 Å². The van der Waals surface area contributed by atoms with Gasteiger partial charge in [-0.25, -0.2) is 4.79 Å². The molecule has 1 aliphatic carbocycles. The molecular weight excluding hydrogens is 312 g/mol. The van der Waals surface area contributed by atoms with Crippen LogP contribution >= 0.6 is 15.9 Å². The number of amides is 2. The predicted molar refractivity (Wildman–Crippen MR) is 74.0 cm³/mol. The van der Waals surface area contributed by atoms with Gasteiger partial charge in [-0.15, -0.1) is 0 Å². The van der Waals surface area contributed by atoms with Crippen molar-refractivity contribution < 1.29 is 14.7 Å². The Kier molecular flexibility index (Phi) is 4.42. The number of rotatable bonds is 4. The lowest BCUT2D eigenvalue weighted by Crippen LogP contribution is -2.38. The molecule has 0 bridgehead atoms. The van der Waals surface area contributed by atoms with E-state index in [2.05, 4.69) is 26.6 Å². The fraction of sp³-hybridized carbons (Fsp3) is 0.385. The van der Waals surface area contributed by atoms with Crippen LogP contribution in [0.4, 0.5) is 4.79 Å². The average molecular weight is 327 g/mol. The van der Waals surface area contributed by atoms with Crippen molar-refractivity contribution in [3.63, 3.8) is 0 Å². The van der Waals surface area contributed by atoms with Crippen molar-refractivity contribution >= 4 is 27.9 Å². The minimum absolute atomic E-state index is 0.00247. The van der Waals surface area contributed by atoms with Crippen molar-refractivity contribution in [3.05, 3.63) is 33.8 Å². The van der Waals surface area contributed by atoms with E-state index in [0.717, 1.165) is 22.9 Å². The molecule has 0 fully saturated rings. The molecule has 102 valence electrons. The minimum atomic E-state index is -0.921. The first-order valence-electron chi connectivity index (χ1n) is 6.11. The number of carboxylic acid groups (broad SMARTS) is 1. The SMILES string of the molecule is O=C(O)CCNC(=O)NC1CCc2c(Br)cccc21. The molecule has 0 radical (unpaired) electrons. The number of carbonyl (C=O) groups excluding carboxylic acids is 1. The normalized spacial score (nSPS) is 16.8. The highest BCUT2D eigenvalue weighted by atomic mass is 79.9. The van der Waals surface area contributed by atoms with Crippen LogP contribution in [0.3, 0.4) is 0 Å². The molecule has 2 rings (SSSR count). The maximum absolute atomic E-state index is 11.6. The van der Waals surface area contributed by atoms with Crippen molar-refractivity contribution in [2.45, 2.75) is 25.3 Å². The van der Waals surface area contributed by atoms with E-state index in [9.17, 15) is 9.59 Å². The second kappa shape index (κ2) is 6.06. The van der Waals surface area contributed by atoms with Crippen LogP contribution in [0.1, 0.15) is 30.0 Å². The van der Waals surface area contributed by atoms with Gasteiger partial charge in [-0.05, 0) is 30.0 Å². The lowest BCUT2D eigenvalue weighted by molar-refractivity contribution is -0.136. The largest absolute Gasteiger partial charge is 0.481 e. The third-order valence-electron chi connectivity index (χ3n) is 3.14. The Hall–Kier alpha value is -1.56. The number of carbonyl (C=O) groups is 2. The fourth-order valence-corrected chi connectivity index (χ4v) is 2.83. The zero-order chi connectivity index (χ0) is 13.8. The standard InChI is InChI=1S/C13H15BrN2O3/c14-10-3-1-2-9-8(10)4-5-11(9)16-13(19)15-7-6-12(17)18/h1-3,11H,4-7H2,(H,17,18)(H2,15,16,19). The van der Waals surface area contributed by atoms with Gasteiger partial charge in [0.1, 0.15) is 0 Å². The average Bonchev–Trinajstić information content (AvgIpc) is 2.73. The molecule has 3 N–H and O–H groups in total. The van der Waals surface area contributed by atoms with Gasteiger partial charge in [0.25, 0.3) is 0 Å². The number of nitrogens with one attached hydrogen (secondary N) is 2. The van der Waals surface area contributed by atoms with Crippen molar-refractivity contribution in [1.82, 2.24) is 10.6 Å². The molecule has 1 unspecified atom stereocenters. The second-order valence-corrected chi connectivity index (χ2v) is 5.30. The van der Waals surface area contributed by atoms with E-state index in [1.165, 1.54) is 5.56 Å². The third kappa shape index (κ3) is 3.47. The highest BCUT2D eigenvalue weighted by Gasteiger charge is 2.25. The lowest BCUT2D eigenvalue weighted by Gasteiger charge is -2.14. The van der Waals surface area contributed by atoms with Crippen molar-refractivity contribution in [1.29, 1.82) is 0 Å². The fourth-order valence-electron chi connectivity index (χ4n) is 2.25. The number of hydrogen-bond donors (Lipinski definition) is 3. The summed E-state index contributed by atoms with van der Waals surface area (Å²) in [5.41, 5.74) is 2.36. The van der Waals surface area contributed by atoms with E-state index in [0.29, 0.717) is 0 Å². The van der Waals surface area contributed by atoms with E-state index >= 15 is 0 Å². The zero-order valence-corrected chi connectivity index (χ0v) is 11.9. The first kappa shape index (κ1) is 13.9. The maximum Gasteiger partial charge on any atom is 0.315 e. The molecule has 0 saturated carbocycles. The van der Waals surface area contributed by atoms with E-state index in [4.69, 9.17) is 5.11 Å². The predicted octanol–water partition coefficient (Wildman–Crippen LogP) is 2.21. The van der Waals surface area contributed by atoms with Gasteiger partial charge in [0.2, 0.25) is 0 Å². The second-order valence-electron chi connectivity index (χ2n) is 4.44. The molecule has 1 aromatic rings. The van der Waals surface area contributed by atoms with E-state index < -0.39 is 5.97 Å². The Morgan fingerprint density at radius 3 is 2.95 bits per heavy atom. The molecule has 0 heterocycles. The molecule has 0 saturated heterocycles. The number of aliphatic carboxylic acids is 1. The van der Waals surface area contributed by atoms with Gasteiger partial charge in [-0.1, -0.05) is 28.1 Å². The van der Waals surface area contributed by atoms with Gasteiger partial charge < -0.3 is 15.7 Å². The quantitative estimate of drug-likeness (QED) is 0.793. The topological polar surface area (TPSA) is 78.4 Å². The molecule has 5 nitrogen and oxygen atoms in total. The zero-order valence-electron chi connectivity index (χ0n) is 10.3. The first-order chi connectivity index (χ1) is 9.08. The monoisotopic (exact) mass is 326 g/mol. The van der Waals surface area contributed by atoms with Gasteiger partial charge in [-0.2, -0.15) is 0 Å². The summed E-state index contributed by atoms with van der Waals surface area (Å²) in [4.78, 5) is 22.0. The van der Waals surface area contributed by atoms with Crippen LogP contribution in [0.25, 0.3) is 0 Å². The molecule has 6 heteroatoms. The van der Waals surface area contributed by atoms with Crippen molar-refractivity contribution in [2.75, 3.05) is 6.54 Å². The summed E-state index contributed by atoms with van der Waals surface area (Å²) in [6.45, 7) is 0.138. The summed E-state index contributed by atoms with van der Waals surface area (Å²) in [5, 5.41) is 13.9. The lowest BCUT2D eigenvalue weighted by atomic mass is 10.1. The van der Waals surface area contributed by atoms with Crippen LogP contribution in [-0.2, 0) is 11.2 Å². The summed E-state index contributed by atoms with van der Waals surface area (Å²) in [6.07, 6.45) is 1.72. The first-order valence-corrected chi connectivity index (χ1v) is 6.90. The Labute approximate surface area is 119 Å². The molecule has 1 atom stereocenters. The van der Waals surface area contributed by atoms with Gasteiger partial charge >= 0.3 is 12.0 Å². The summed E-state index contributed by atoms with van der Waals surface area (Å²) >= 11 is 3.51. The van der Waals surface area contributed by atoms with Crippen LogP contribution in [0.15, 0.2) is 22.7 Å². The molecule has 1 aliphatic rings. The van der Waals surface area contributed by atoms with E-state index in [-0.39, 0.29) is 25.0 Å². The Bertz CT molecular complexity index is 505. The van der Waals surface area contributed by atoms with Crippen LogP contribution in [-0.4, -0.2) is 23.7 Å². The summed E-state index contributed by atoms with van der Waals surface area (Å²) in [6, 6.07) is 5.63. The molecule has 19 heavy (non-hydrogen) atoms. The number of fused-ring (bicyclic) bond motifs is 1. The van der Waals surface area contributed by atoms with Crippen LogP contribution in [0, 0.1) is 0 Å². The Balaban J connectivity index is 1.90. The maximum atomic E-state index is 11.6. The minimum Gasteiger partial charge on any atom is -0.481 e. The van der Waals surface area contributed by atoms with Crippen LogP contribution in [0.2, 0.25) is 0 Å². The summed E-state index contributed by atoms with van der Waals surface area (Å²) < 4.78 is 1.07. The molecule has 0 spiro atoms. The number of hydrogen-bond acceptors (Lipinski definition) is 2. The molecule has 0 aromatic heterocycles. The van der Waals surface area contributed by atoms with Gasteiger partial charge in [-0.3, -0.25) is 4.79 Å². The van der Waals surface area contributed by atoms with E-state index in [1.807, 2.05) is 18.2 Å². The van der Waals surface area contributed by atoms with Crippen molar-refractivity contribution in [2.24, 2.45) is 0 Å².